The SMILES string of the molecule is CCCn1cc(CNCc2ccn(CC(F)(F)F)n2)cn1.Cl. The van der Waals surface area contributed by atoms with Crippen LogP contribution in [0.15, 0.2) is 24.7 Å². The van der Waals surface area contributed by atoms with Gasteiger partial charge in [0.25, 0.3) is 0 Å². The number of halogens is 4. The number of nitrogens with one attached hydrogen (secondary N) is 1. The van der Waals surface area contributed by atoms with E-state index in [0.29, 0.717) is 18.8 Å². The number of aromatic nitrogens is 4. The van der Waals surface area contributed by atoms with Crippen LogP contribution in [0.3, 0.4) is 0 Å². The van der Waals surface area contributed by atoms with Crippen molar-refractivity contribution >= 4 is 12.4 Å². The fourth-order valence-electron chi connectivity index (χ4n) is 1.95. The van der Waals surface area contributed by atoms with E-state index in [0.717, 1.165) is 23.2 Å². The lowest BCUT2D eigenvalue weighted by molar-refractivity contribution is -0.142. The lowest BCUT2D eigenvalue weighted by atomic mass is 10.3. The normalized spacial score (nSPS) is 11.5. The Morgan fingerprint density at radius 3 is 2.68 bits per heavy atom. The number of rotatable bonds is 7. The molecular weight excluding hydrogens is 319 g/mol. The molecule has 0 aromatic carbocycles. The zero-order valence-electron chi connectivity index (χ0n) is 12.2. The van der Waals surface area contributed by atoms with Gasteiger partial charge in [-0.25, -0.2) is 0 Å². The zero-order chi connectivity index (χ0) is 15.3. The highest BCUT2D eigenvalue weighted by Gasteiger charge is 2.28. The van der Waals surface area contributed by atoms with Gasteiger partial charge in [-0.3, -0.25) is 9.36 Å². The third-order valence-corrected chi connectivity index (χ3v) is 2.81. The first-order chi connectivity index (χ1) is 9.96. The van der Waals surface area contributed by atoms with Crippen molar-refractivity contribution in [2.75, 3.05) is 0 Å². The van der Waals surface area contributed by atoms with Gasteiger partial charge in [-0.2, -0.15) is 23.4 Å². The molecule has 0 spiro atoms. The molecule has 22 heavy (non-hydrogen) atoms. The number of alkyl halides is 3. The van der Waals surface area contributed by atoms with Crippen LogP contribution in [-0.4, -0.2) is 25.7 Å². The van der Waals surface area contributed by atoms with Crippen molar-refractivity contribution < 1.29 is 13.2 Å². The summed E-state index contributed by atoms with van der Waals surface area (Å²) in [7, 11) is 0. The fourth-order valence-corrected chi connectivity index (χ4v) is 1.95. The van der Waals surface area contributed by atoms with Crippen LogP contribution >= 0.6 is 12.4 Å². The van der Waals surface area contributed by atoms with E-state index in [-0.39, 0.29) is 12.4 Å². The van der Waals surface area contributed by atoms with Crippen LogP contribution in [0.25, 0.3) is 0 Å². The quantitative estimate of drug-likeness (QED) is 0.845. The molecule has 5 nitrogen and oxygen atoms in total. The van der Waals surface area contributed by atoms with Crippen LogP contribution in [0.5, 0.6) is 0 Å². The second kappa shape index (κ2) is 8.19. The molecule has 0 saturated carbocycles. The molecule has 9 heteroatoms. The van der Waals surface area contributed by atoms with Crippen molar-refractivity contribution in [2.24, 2.45) is 0 Å². The van der Waals surface area contributed by atoms with Gasteiger partial charge in [0.15, 0.2) is 0 Å². The van der Waals surface area contributed by atoms with Gasteiger partial charge in [0.05, 0.1) is 11.9 Å². The standard InChI is InChI=1S/C13H18F3N5.ClH/c1-2-4-20-9-11(7-18-20)6-17-8-12-3-5-21(19-12)10-13(14,15)16;/h3,5,7,9,17H,2,4,6,8,10H2,1H3;1H. The second-order valence-electron chi connectivity index (χ2n) is 4.84. The average molecular weight is 338 g/mol. The minimum Gasteiger partial charge on any atom is -0.307 e. The minimum absolute atomic E-state index is 0. The van der Waals surface area contributed by atoms with E-state index in [4.69, 9.17) is 0 Å². The highest BCUT2D eigenvalue weighted by molar-refractivity contribution is 5.85. The van der Waals surface area contributed by atoms with Crippen molar-refractivity contribution in [3.8, 4) is 0 Å². The van der Waals surface area contributed by atoms with E-state index in [9.17, 15) is 13.2 Å². The van der Waals surface area contributed by atoms with Crippen LogP contribution < -0.4 is 5.32 Å². The van der Waals surface area contributed by atoms with Crippen molar-refractivity contribution in [1.82, 2.24) is 24.9 Å². The lowest BCUT2D eigenvalue weighted by Gasteiger charge is -2.05. The summed E-state index contributed by atoms with van der Waals surface area (Å²) in [6.45, 7) is 2.93. The highest BCUT2D eigenvalue weighted by Crippen LogP contribution is 2.16. The summed E-state index contributed by atoms with van der Waals surface area (Å²) in [5.41, 5.74) is 1.62. The Balaban J connectivity index is 0.00000242. The number of aryl methyl sites for hydroxylation is 1. The van der Waals surface area contributed by atoms with Gasteiger partial charge in [-0.05, 0) is 12.5 Å². The first-order valence-electron chi connectivity index (χ1n) is 6.77. The van der Waals surface area contributed by atoms with E-state index >= 15 is 0 Å². The van der Waals surface area contributed by atoms with Gasteiger partial charge < -0.3 is 5.32 Å². The monoisotopic (exact) mass is 337 g/mol. The summed E-state index contributed by atoms with van der Waals surface area (Å²) in [5, 5.41) is 11.2. The average Bonchev–Trinajstić information content (AvgIpc) is 2.98. The van der Waals surface area contributed by atoms with E-state index in [1.165, 1.54) is 6.20 Å². The van der Waals surface area contributed by atoms with E-state index in [2.05, 4.69) is 22.4 Å². The van der Waals surface area contributed by atoms with Crippen molar-refractivity contribution in [2.45, 2.75) is 45.7 Å². The number of hydrogen-bond donors (Lipinski definition) is 1. The van der Waals surface area contributed by atoms with E-state index < -0.39 is 12.7 Å². The first-order valence-corrected chi connectivity index (χ1v) is 6.77. The van der Waals surface area contributed by atoms with Crippen LogP contribution in [0.1, 0.15) is 24.6 Å². The predicted octanol–water partition coefficient (Wildman–Crippen LogP) is 2.76. The maximum atomic E-state index is 12.2. The zero-order valence-corrected chi connectivity index (χ0v) is 13.0. The van der Waals surface area contributed by atoms with Gasteiger partial charge >= 0.3 is 6.18 Å². The largest absolute Gasteiger partial charge is 0.408 e. The van der Waals surface area contributed by atoms with Crippen LogP contribution in [0.2, 0.25) is 0 Å². The molecule has 0 fully saturated rings. The molecule has 0 radical (unpaired) electrons. The Kier molecular flexibility index (Phi) is 6.89. The highest BCUT2D eigenvalue weighted by atomic mass is 35.5. The summed E-state index contributed by atoms with van der Waals surface area (Å²) < 4.78 is 39.4. The van der Waals surface area contributed by atoms with Crippen LogP contribution in [0.4, 0.5) is 13.2 Å². The van der Waals surface area contributed by atoms with E-state index in [1.807, 2.05) is 10.9 Å². The minimum atomic E-state index is -4.25. The molecule has 0 aliphatic rings. The summed E-state index contributed by atoms with van der Waals surface area (Å²) in [5.74, 6) is 0. The predicted molar refractivity (Wildman–Crippen MR) is 78.6 cm³/mol. The van der Waals surface area contributed by atoms with Gasteiger partial charge in [0, 0.05) is 37.6 Å². The molecule has 0 unspecified atom stereocenters. The Labute approximate surface area is 132 Å². The van der Waals surface area contributed by atoms with Gasteiger partial charge in [-0.15, -0.1) is 12.4 Å². The molecule has 0 bridgehead atoms. The summed E-state index contributed by atoms with van der Waals surface area (Å²) in [6.07, 6.45) is 1.85. The summed E-state index contributed by atoms with van der Waals surface area (Å²) in [4.78, 5) is 0. The summed E-state index contributed by atoms with van der Waals surface area (Å²) >= 11 is 0. The Bertz CT molecular complexity index is 564. The Hall–Kier alpha value is -1.54. The maximum Gasteiger partial charge on any atom is 0.408 e. The third kappa shape index (κ3) is 6.07. The summed E-state index contributed by atoms with van der Waals surface area (Å²) in [6, 6.07) is 1.58. The van der Waals surface area contributed by atoms with Gasteiger partial charge in [0.2, 0.25) is 0 Å². The van der Waals surface area contributed by atoms with Crippen molar-refractivity contribution in [3.05, 3.63) is 35.9 Å². The molecule has 0 atom stereocenters. The molecule has 2 aromatic heterocycles. The first kappa shape index (κ1) is 18.5. The third-order valence-electron chi connectivity index (χ3n) is 2.81. The molecule has 0 amide bonds. The van der Waals surface area contributed by atoms with Crippen LogP contribution in [-0.2, 0) is 26.2 Å². The Morgan fingerprint density at radius 1 is 1.23 bits per heavy atom. The molecule has 2 aromatic rings. The van der Waals surface area contributed by atoms with Gasteiger partial charge in [-0.1, -0.05) is 6.92 Å². The van der Waals surface area contributed by atoms with Crippen LogP contribution in [0, 0.1) is 0 Å². The number of nitrogens with zero attached hydrogens (tertiary/aromatic N) is 4. The topological polar surface area (TPSA) is 47.7 Å². The van der Waals surface area contributed by atoms with Gasteiger partial charge in [0.1, 0.15) is 6.54 Å². The molecule has 1 N–H and O–H groups in total. The van der Waals surface area contributed by atoms with Crippen molar-refractivity contribution in [3.63, 3.8) is 0 Å². The molecule has 2 rings (SSSR count). The van der Waals surface area contributed by atoms with E-state index in [1.54, 1.807) is 12.3 Å². The molecule has 2 heterocycles. The lowest BCUT2D eigenvalue weighted by Crippen LogP contribution is -2.19. The molecule has 0 aliphatic carbocycles. The molecule has 0 saturated heterocycles. The molecular formula is C13H19ClF3N5. The smallest absolute Gasteiger partial charge is 0.307 e. The maximum absolute atomic E-state index is 12.2. The van der Waals surface area contributed by atoms with Crippen molar-refractivity contribution in [1.29, 1.82) is 0 Å². The molecule has 124 valence electrons. The second-order valence-corrected chi connectivity index (χ2v) is 4.84. The fraction of sp³-hybridized carbons (Fsp3) is 0.538. The number of hydrogen-bond acceptors (Lipinski definition) is 3. The Morgan fingerprint density at radius 2 is 2.00 bits per heavy atom. The molecule has 0 aliphatic heterocycles.